The van der Waals surface area contributed by atoms with Gasteiger partial charge in [0.15, 0.2) is 0 Å². The Kier molecular flexibility index (Phi) is 5.32. The van der Waals surface area contributed by atoms with Crippen LogP contribution in [-0.2, 0) is 10.2 Å². The van der Waals surface area contributed by atoms with Crippen LogP contribution < -0.4 is 4.74 Å². The number of aromatic nitrogens is 1. The Balaban J connectivity index is 1.74. The number of nitrogens with zero attached hydrogens (tertiary/aromatic N) is 2. The average molecular weight is 426 g/mol. The molecule has 2 aromatic rings. The summed E-state index contributed by atoms with van der Waals surface area (Å²) in [6.07, 6.45) is 7.27. The number of rotatable bonds is 3. The average Bonchev–Trinajstić information content (AvgIpc) is 3.18. The molecule has 0 saturated carbocycles. The topological polar surface area (TPSA) is 69.1 Å². The zero-order valence-electron chi connectivity index (χ0n) is 18.0. The molecule has 0 radical (unpaired) electrons. The smallest absolute Gasteiger partial charge is 0.233 e. The number of ether oxygens (including phenoxy) is 1. The van der Waals surface area contributed by atoms with Crippen molar-refractivity contribution in [1.29, 1.82) is 5.26 Å². The lowest BCUT2D eigenvalue weighted by molar-refractivity contribution is -0.145. The quantitative estimate of drug-likeness (QED) is 0.674. The van der Waals surface area contributed by atoms with Crippen LogP contribution in [0.15, 0.2) is 30.0 Å². The van der Waals surface area contributed by atoms with E-state index in [1.807, 2.05) is 32.2 Å². The van der Waals surface area contributed by atoms with E-state index in [0.29, 0.717) is 10.8 Å². The molecular weight excluding hydrogens is 398 g/mol. The zero-order valence-corrected chi connectivity index (χ0v) is 18.7. The summed E-state index contributed by atoms with van der Waals surface area (Å²) in [5, 5.41) is 10.9. The third-order valence-corrected chi connectivity index (χ3v) is 7.27. The first-order valence-electron chi connectivity index (χ1n) is 10.5. The Labute approximate surface area is 182 Å². The number of hydrogen-bond acceptors (Lipinski definition) is 3. The summed E-state index contributed by atoms with van der Waals surface area (Å²) in [4.78, 5) is 19.3. The fourth-order valence-corrected chi connectivity index (χ4v) is 5.60. The molecule has 2 bridgehead atoms. The third-order valence-electron chi connectivity index (χ3n) is 6.90. The predicted molar refractivity (Wildman–Crippen MR) is 119 cm³/mol. The van der Waals surface area contributed by atoms with Crippen molar-refractivity contribution in [2.24, 2.45) is 5.92 Å². The molecule has 4 rings (SSSR count). The molecule has 2 fully saturated rings. The minimum atomic E-state index is -0.766. The van der Waals surface area contributed by atoms with Crippen LogP contribution in [-0.4, -0.2) is 35.0 Å². The minimum Gasteiger partial charge on any atom is -0.495 e. The molecule has 3 heterocycles. The van der Waals surface area contributed by atoms with E-state index < -0.39 is 5.41 Å². The third kappa shape index (κ3) is 3.18. The normalized spacial score (nSPS) is 23.9. The van der Waals surface area contributed by atoms with E-state index in [9.17, 15) is 10.1 Å². The number of H-pyrrole nitrogens is 1. The van der Waals surface area contributed by atoms with Crippen LogP contribution in [0.25, 0.3) is 10.9 Å². The maximum Gasteiger partial charge on any atom is 0.233 e. The Morgan fingerprint density at radius 2 is 2.00 bits per heavy atom. The van der Waals surface area contributed by atoms with Crippen LogP contribution in [0, 0.1) is 17.2 Å². The number of nitriles is 1. The molecule has 6 heteroatoms. The summed E-state index contributed by atoms with van der Waals surface area (Å²) in [6.45, 7) is 6.00. The van der Waals surface area contributed by atoms with Gasteiger partial charge >= 0.3 is 0 Å². The highest BCUT2D eigenvalue weighted by Crippen LogP contribution is 2.44. The number of piperidine rings is 2. The summed E-state index contributed by atoms with van der Waals surface area (Å²) in [5.74, 6) is 0.721. The fourth-order valence-electron chi connectivity index (χ4n) is 5.25. The van der Waals surface area contributed by atoms with Gasteiger partial charge in [-0.25, -0.2) is 0 Å². The van der Waals surface area contributed by atoms with Crippen molar-refractivity contribution in [3.05, 3.63) is 40.6 Å². The summed E-state index contributed by atoms with van der Waals surface area (Å²) >= 11 is 6.64. The Morgan fingerprint density at radius 1 is 1.33 bits per heavy atom. The fraction of sp³-hybridized carbons (Fsp3) is 0.500. The van der Waals surface area contributed by atoms with Gasteiger partial charge in [-0.2, -0.15) is 5.26 Å². The number of carbonyl (C=O) groups is 1. The monoisotopic (exact) mass is 425 g/mol. The first-order chi connectivity index (χ1) is 14.3. The van der Waals surface area contributed by atoms with Crippen molar-refractivity contribution < 1.29 is 9.53 Å². The van der Waals surface area contributed by atoms with E-state index in [0.717, 1.165) is 42.1 Å². The molecule has 1 aromatic carbocycles. The number of hydrogen-bond donors (Lipinski definition) is 1. The number of carbonyl (C=O) groups excluding carboxylic acids is 1. The molecule has 2 aliphatic heterocycles. The van der Waals surface area contributed by atoms with E-state index in [4.69, 9.17) is 16.3 Å². The van der Waals surface area contributed by atoms with Crippen LogP contribution >= 0.6 is 11.6 Å². The van der Waals surface area contributed by atoms with Gasteiger partial charge in [0.25, 0.3) is 0 Å². The second kappa shape index (κ2) is 7.67. The van der Waals surface area contributed by atoms with Crippen molar-refractivity contribution in [3.8, 4) is 11.8 Å². The highest BCUT2D eigenvalue weighted by atomic mass is 35.5. The molecule has 0 aliphatic carbocycles. The lowest BCUT2D eigenvalue weighted by atomic mass is 9.74. The summed E-state index contributed by atoms with van der Waals surface area (Å²) in [6, 6.07) is 6.35. The van der Waals surface area contributed by atoms with Crippen molar-refractivity contribution in [2.75, 3.05) is 7.11 Å². The van der Waals surface area contributed by atoms with Gasteiger partial charge in [-0.3, -0.25) is 4.79 Å². The van der Waals surface area contributed by atoms with Crippen molar-refractivity contribution in [2.45, 2.75) is 64.0 Å². The lowest BCUT2D eigenvalue weighted by Gasteiger charge is -2.50. The standard InChI is InChI=1S/C24H28ClN3O2/c1-5-14-8-16-10-15(12-26)11-17(9-14)28(16)23(29)24(2,3)18-13-27-19-6-7-20(30-4)22(25)21(18)19/h5-7,13,15-17,27H,8-11H2,1-4H3. The van der Waals surface area contributed by atoms with E-state index >= 15 is 0 Å². The van der Waals surface area contributed by atoms with Gasteiger partial charge in [0, 0.05) is 29.2 Å². The van der Waals surface area contributed by atoms with Gasteiger partial charge in [-0.05, 0) is 64.2 Å². The Bertz CT molecular complexity index is 1040. The molecule has 2 atom stereocenters. The number of fused-ring (bicyclic) bond motifs is 3. The van der Waals surface area contributed by atoms with Crippen LogP contribution in [0.2, 0.25) is 5.02 Å². The van der Waals surface area contributed by atoms with Gasteiger partial charge in [0.1, 0.15) is 5.75 Å². The zero-order chi connectivity index (χ0) is 21.6. The summed E-state index contributed by atoms with van der Waals surface area (Å²) in [7, 11) is 1.59. The SMILES string of the molecule is CC=C1CC2CC(C#N)CC(C1)N2C(=O)C(C)(C)c1c[nH]c2ccc(OC)c(Cl)c12. The van der Waals surface area contributed by atoms with E-state index in [1.165, 1.54) is 5.57 Å². The number of methoxy groups -OCH3 is 1. The Morgan fingerprint density at radius 3 is 2.57 bits per heavy atom. The Hall–Kier alpha value is -2.45. The molecule has 2 saturated heterocycles. The molecule has 1 amide bonds. The number of nitrogens with one attached hydrogen (secondary N) is 1. The molecule has 30 heavy (non-hydrogen) atoms. The summed E-state index contributed by atoms with van der Waals surface area (Å²) in [5.41, 5.74) is 2.38. The molecule has 2 aliphatic rings. The van der Waals surface area contributed by atoms with E-state index in [-0.39, 0.29) is 23.9 Å². The number of halogens is 1. The van der Waals surface area contributed by atoms with Gasteiger partial charge in [-0.1, -0.05) is 23.3 Å². The van der Waals surface area contributed by atoms with Gasteiger partial charge < -0.3 is 14.6 Å². The van der Waals surface area contributed by atoms with Crippen LogP contribution in [0.3, 0.4) is 0 Å². The van der Waals surface area contributed by atoms with Crippen molar-refractivity contribution in [1.82, 2.24) is 9.88 Å². The number of benzene rings is 1. The number of amides is 1. The highest BCUT2D eigenvalue weighted by molar-refractivity contribution is 6.37. The number of allylic oxidation sites excluding steroid dienone is 1. The molecule has 0 spiro atoms. The van der Waals surface area contributed by atoms with E-state index in [1.54, 1.807) is 7.11 Å². The molecule has 2 unspecified atom stereocenters. The maximum atomic E-state index is 14.0. The van der Waals surface area contributed by atoms with Crippen LogP contribution in [0.1, 0.15) is 52.0 Å². The first-order valence-corrected chi connectivity index (χ1v) is 10.9. The predicted octanol–water partition coefficient (Wildman–Crippen LogP) is 5.35. The maximum absolute atomic E-state index is 14.0. The summed E-state index contributed by atoms with van der Waals surface area (Å²) < 4.78 is 5.40. The van der Waals surface area contributed by atoms with Gasteiger partial charge in [0.2, 0.25) is 5.91 Å². The molecule has 158 valence electrons. The largest absolute Gasteiger partial charge is 0.495 e. The molecule has 1 N–H and O–H groups in total. The highest BCUT2D eigenvalue weighted by Gasteiger charge is 2.47. The molecule has 1 aromatic heterocycles. The van der Waals surface area contributed by atoms with Crippen LogP contribution in [0.4, 0.5) is 0 Å². The van der Waals surface area contributed by atoms with Crippen molar-refractivity contribution >= 4 is 28.4 Å². The lowest BCUT2D eigenvalue weighted by Crippen LogP contribution is -2.59. The molecule has 5 nitrogen and oxygen atoms in total. The van der Waals surface area contributed by atoms with Gasteiger partial charge in [-0.15, -0.1) is 0 Å². The van der Waals surface area contributed by atoms with Crippen LogP contribution in [0.5, 0.6) is 5.75 Å². The second-order valence-corrected chi connectivity index (χ2v) is 9.38. The number of aromatic amines is 1. The van der Waals surface area contributed by atoms with Crippen molar-refractivity contribution in [3.63, 3.8) is 0 Å². The minimum absolute atomic E-state index is 0.0253. The first kappa shape index (κ1) is 20.8. The molecular formula is C24H28ClN3O2. The second-order valence-electron chi connectivity index (χ2n) is 9.00. The van der Waals surface area contributed by atoms with E-state index in [2.05, 4.69) is 29.0 Å². The van der Waals surface area contributed by atoms with Gasteiger partial charge in [0.05, 0.1) is 29.5 Å².